The van der Waals surface area contributed by atoms with Crippen LogP contribution >= 0.6 is 0 Å². The van der Waals surface area contributed by atoms with Crippen molar-refractivity contribution in [3.63, 3.8) is 0 Å². The predicted octanol–water partition coefficient (Wildman–Crippen LogP) is 1.68. The zero-order valence-electron chi connectivity index (χ0n) is 12.0. The van der Waals surface area contributed by atoms with E-state index in [-0.39, 0.29) is 17.4 Å². The zero-order chi connectivity index (χ0) is 14.4. The molecule has 0 saturated carbocycles. The van der Waals surface area contributed by atoms with E-state index in [9.17, 15) is 8.42 Å². The Morgan fingerprint density at radius 1 is 1.40 bits per heavy atom. The van der Waals surface area contributed by atoms with Gasteiger partial charge in [-0.25, -0.2) is 8.42 Å². The molecule has 4 nitrogen and oxygen atoms in total. The molecule has 1 unspecified atom stereocenters. The summed E-state index contributed by atoms with van der Waals surface area (Å²) in [6, 6.07) is 6.34. The van der Waals surface area contributed by atoms with E-state index in [1.54, 1.807) is 0 Å². The van der Waals surface area contributed by atoms with E-state index in [1.165, 1.54) is 11.1 Å². The Bertz CT molecular complexity index is 622. The molecule has 1 aromatic carbocycles. The minimum absolute atomic E-state index is 0.0981. The molecule has 2 aliphatic heterocycles. The van der Waals surface area contributed by atoms with Crippen LogP contribution in [0, 0.1) is 0 Å². The standard InChI is InChI=1S/C15H21NO3S/c1-15(2)8-12-7-11(3-4-14(12)19-15)9-16-13-5-6-20(17,18)10-13/h3-4,7,13,16H,5-6,8-10H2,1-2H3. The Morgan fingerprint density at radius 3 is 2.90 bits per heavy atom. The fourth-order valence-corrected chi connectivity index (χ4v) is 4.70. The van der Waals surface area contributed by atoms with E-state index >= 15 is 0 Å². The first-order valence-corrected chi connectivity index (χ1v) is 8.90. The van der Waals surface area contributed by atoms with Gasteiger partial charge in [-0.3, -0.25) is 0 Å². The second kappa shape index (κ2) is 4.74. The van der Waals surface area contributed by atoms with E-state index in [0.29, 0.717) is 12.3 Å². The molecule has 0 aromatic heterocycles. The molecule has 3 rings (SSSR count). The molecule has 0 aliphatic carbocycles. The van der Waals surface area contributed by atoms with E-state index < -0.39 is 9.84 Å². The van der Waals surface area contributed by atoms with E-state index in [4.69, 9.17) is 4.74 Å². The fourth-order valence-electron chi connectivity index (χ4n) is 2.99. The van der Waals surface area contributed by atoms with Crippen molar-refractivity contribution in [2.45, 2.75) is 44.9 Å². The van der Waals surface area contributed by atoms with Crippen LogP contribution in [0.5, 0.6) is 5.75 Å². The van der Waals surface area contributed by atoms with Crippen LogP contribution in [-0.4, -0.2) is 31.6 Å². The topological polar surface area (TPSA) is 55.4 Å². The Labute approximate surface area is 120 Å². The van der Waals surface area contributed by atoms with Crippen LogP contribution < -0.4 is 10.1 Å². The molecular weight excluding hydrogens is 274 g/mol. The molecule has 0 bridgehead atoms. The summed E-state index contributed by atoms with van der Waals surface area (Å²) >= 11 is 0. The van der Waals surface area contributed by atoms with Gasteiger partial charge in [-0.05, 0) is 37.5 Å². The lowest BCUT2D eigenvalue weighted by Gasteiger charge is -2.16. The molecule has 2 aliphatic rings. The van der Waals surface area contributed by atoms with Gasteiger partial charge in [0.15, 0.2) is 9.84 Å². The largest absolute Gasteiger partial charge is 0.487 e. The molecule has 1 aromatic rings. The Morgan fingerprint density at radius 2 is 2.20 bits per heavy atom. The Hall–Kier alpha value is -1.07. The van der Waals surface area contributed by atoms with Gasteiger partial charge in [0, 0.05) is 19.0 Å². The van der Waals surface area contributed by atoms with Crippen molar-refractivity contribution in [3.05, 3.63) is 29.3 Å². The highest BCUT2D eigenvalue weighted by atomic mass is 32.2. The molecule has 2 heterocycles. The number of benzene rings is 1. The third-order valence-corrected chi connectivity index (χ3v) is 5.72. The number of nitrogens with one attached hydrogen (secondary N) is 1. The number of hydrogen-bond acceptors (Lipinski definition) is 4. The lowest BCUT2D eigenvalue weighted by Crippen LogP contribution is -2.29. The highest BCUT2D eigenvalue weighted by Crippen LogP contribution is 2.35. The van der Waals surface area contributed by atoms with Crippen molar-refractivity contribution in [2.75, 3.05) is 11.5 Å². The monoisotopic (exact) mass is 295 g/mol. The molecule has 0 amide bonds. The fraction of sp³-hybridized carbons (Fsp3) is 0.600. The van der Waals surface area contributed by atoms with Crippen LogP contribution in [0.25, 0.3) is 0 Å². The molecule has 1 atom stereocenters. The van der Waals surface area contributed by atoms with Crippen LogP contribution in [0.4, 0.5) is 0 Å². The summed E-state index contributed by atoms with van der Waals surface area (Å²) in [5.41, 5.74) is 2.32. The summed E-state index contributed by atoms with van der Waals surface area (Å²) in [4.78, 5) is 0. The number of fused-ring (bicyclic) bond motifs is 1. The maximum absolute atomic E-state index is 11.4. The SMILES string of the molecule is CC1(C)Cc2cc(CNC3CCS(=O)(=O)C3)ccc2O1. The molecule has 0 radical (unpaired) electrons. The maximum Gasteiger partial charge on any atom is 0.151 e. The first-order chi connectivity index (χ1) is 9.33. The molecule has 1 fully saturated rings. The highest BCUT2D eigenvalue weighted by molar-refractivity contribution is 7.91. The number of rotatable bonds is 3. The van der Waals surface area contributed by atoms with Gasteiger partial charge in [0.25, 0.3) is 0 Å². The van der Waals surface area contributed by atoms with E-state index in [0.717, 1.165) is 18.6 Å². The summed E-state index contributed by atoms with van der Waals surface area (Å²) in [6.45, 7) is 4.90. The summed E-state index contributed by atoms with van der Waals surface area (Å²) < 4.78 is 28.7. The molecule has 110 valence electrons. The highest BCUT2D eigenvalue weighted by Gasteiger charge is 2.30. The Kier molecular flexibility index (Phi) is 3.29. The smallest absolute Gasteiger partial charge is 0.151 e. The van der Waals surface area contributed by atoms with Gasteiger partial charge in [-0.15, -0.1) is 0 Å². The van der Waals surface area contributed by atoms with E-state index in [2.05, 4.69) is 31.3 Å². The molecule has 0 spiro atoms. The number of sulfone groups is 1. The minimum atomic E-state index is -2.81. The van der Waals surface area contributed by atoms with Crippen LogP contribution in [0.2, 0.25) is 0 Å². The second-order valence-corrected chi connectivity index (χ2v) is 8.69. The van der Waals surface area contributed by atoms with Crippen LogP contribution in [0.1, 0.15) is 31.4 Å². The number of hydrogen-bond donors (Lipinski definition) is 1. The van der Waals surface area contributed by atoms with Crippen LogP contribution in [0.15, 0.2) is 18.2 Å². The van der Waals surface area contributed by atoms with Crippen molar-refractivity contribution >= 4 is 9.84 Å². The van der Waals surface area contributed by atoms with E-state index in [1.807, 2.05) is 6.07 Å². The third kappa shape index (κ3) is 2.99. The zero-order valence-corrected chi connectivity index (χ0v) is 12.8. The van der Waals surface area contributed by atoms with Gasteiger partial charge < -0.3 is 10.1 Å². The van der Waals surface area contributed by atoms with Crippen molar-refractivity contribution in [1.82, 2.24) is 5.32 Å². The van der Waals surface area contributed by atoms with Gasteiger partial charge in [0.05, 0.1) is 11.5 Å². The van der Waals surface area contributed by atoms with Gasteiger partial charge in [-0.2, -0.15) is 0 Å². The average Bonchev–Trinajstić information content (AvgIpc) is 2.83. The first kappa shape index (κ1) is 13.9. The normalized spacial score (nSPS) is 26.2. The van der Waals surface area contributed by atoms with Gasteiger partial charge in [0.1, 0.15) is 11.4 Å². The predicted molar refractivity (Wildman–Crippen MR) is 78.8 cm³/mol. The third-order valence-electron chi connectivity index (χ3n) is 3.95. The van der Waals surface area contributed by atoms with Crippen molar-refractivity contribution in [1.29, 1.82) is 0 Å². The molecule has 20 heavy (non-hydrogen) atoms. The van der Waals surface area contributed by atoms with Gasteiger partial charge in [-0.1, -0.05) is 12.1 Å². The molecule has 1 N–H and O–H groups in total. The Balaban J connectivity index is 1.63. The van der Waals surface area contributed by atoms with Gasteiger partial charge >= 0.3 is 0 Å². The molecule has 1 saturated heterocycles. The lowest BCUT2D eigenvalue weighted by atomic mass is 10.00. The van der Waals surface area contributed by atoms with Crippen molar-refractivity contribution in [2.24, 2.45) is 0 Å². The molecule has 5 heteroatoms. The van der Waals surface area contributed by atoms with Crippen LogP contribution in [0.3, 0.4) is 0 Å². The second-order valence-electron chi connectivity index (χ2n) is 6.46. The first-order valence-electron chi connectivity index (χ1n) is 7.08. The minimum Gasteiger partial charge on any atom is -0.487 e. The molecular formula is C15H21NO3S. The quantitative estimate of drug-likeness (QED) is 0.922. The summed E-state index contributed by atoms with van der Waals surface area (Å²) in [7, 11) is -2.81. The average molecular weight is 295 g/mol. The lowest BCUT2D eigenvalue weighted by molar-refractivity contribution is 0.138. The van der Waals surface area contributed by atoms with Gasteiger partial charge in [0.2, 0.25) is 0 Å². The number of ether oxygens (including phenoxy) is 1. The summed E-state index contributed by atoms with van der Waals surface area (Å²) in [5, 5.41) is 3.35. The van der Waals surface area contributed by atoms with Crippen LogP contribution in [-0.2, 0) is 22.8 Å². The van der Waals surface area contributed by atoms with Crippen molar-refractivity contribution in [3.8, 4) is 5.75 Å². The summed E-state index contributed by atoms with van der Waals surface area (Å²) in [6.07, 6.45) is 1.65. The van der Waals surface area contributed by atoms with Crippen molar-refractivity contribution < 1.29 is 13.2 Å². The summed E-state index contributed by atoms with van der Waals surface area (Å²) in [5.74, 6) is 1.56. The maximum atomic E-state index is 11.4.